The average molecular weight is 328 g/mol. The Kier molecular flexibility index (Phi) is 4.96. The van der Waals surface area contributed by atoms with Crippen LogP contribution in [0.15, 0.2) is 47.1 Å². The van der Waals surface area contributed by atoms with Crippen molar-refractivity contribution in [3.63, 3.8) is 0 Å². The van der Waals surface area contributed by atoms with Gasteiger partial charge in [-0.3, -0.25) is 9.59 Å². The highest BCUT2D eigenvalue weighted by Crippen LogP contribution is 2.15. The number of furan rings is 1. The monoisotopic (exact) mass is 328 g/mol. The van der Waals surface area contributed by atoms with Crippen LogP contribution >= 0.6 is 0 Å². The van der Waals surface area contributed by atoms with Crippen LogP contribution in [0.5, 0.6) is 0 Å². The molecule has 24 heavy (non-hydrogen) atoms. The SMILES string of the molecule is CNC(=O)C(=O)NC[C@@H](c1ccco1)[NH+]1CCc2ccccc2C1. The molecule has 1 aliphatic heterocycles. The first-order valence-corrected chi connectivity index (χ1v) is 8.13. The van der Waals surface area contributed by atoms with Crippen molar-refractivity contribution in [1.29, 1.82) is 0 Å². The minimum Gasteiger partial charge on any atom is -0.463 e. The van der Waals surface area contributed by atoms with E-state index in [0.717, 1.165) is 25.3 Å². The van der Waals surface area contributed by atoms with Crippen molar-refractivity contribution in [2.45, 2.75) is 19.0 Å². The lowest BCUT2D eigenvalue weighted by Crippen LogP contribution is -3.12. The maximum atomic E-state index is 11.8. The molecule has 0 spiro atoms. The van der Waals surface area contributed by atoms with Gasteiger partial charge >= 0.3 is 11.8 Å². The molecule has 0 saturated carbocycles. The van der Waals surface area contributed by atoms with Gasteiger partial charge in [-0.2, -0.15) is 0 Å². The summed E-state index contributed by atoms with van der Waals surface area (Å²) in [5.41, 5.74) is 2.71. The number of carbonyl (C=O) groups is 2. The van der Waals surface area contributed by atoms with Gasteiger partial charge in [0, 0.05) is 19.0 Å². The summed E-state index contributed by atoms with van der Waals surface area (Å²) in [6, 6.07) is 12.2. The molecule has 0 radical (unpaired) electrons. The molecule has 0 saturated heterocycles. The average Bonchev–Trinajstić information content (AvgIpc) is 3.15. The molecular weight excluding hydrogens is 306 g/mol. The Bertz CT molecular complexity index is 712. The van der Waals surface area contributed by atoms with Crippen molar-refractivity contribution in [3.8, 4) is 0 Å². The lowest BCUT2D eigenvalue weighted by atomic mass is 9.98. The van der Waals surface area contributed by atoms with Crippen molar-refractivity contribution < 1.29 is 18.9 Å². The zero-order valence-electron chi connectivity index (χ0n) is 13.7. The lowest BCUT2D eigenvalue weighted by molar-refractivity contribution is -0.946. The molecule has 1 aromatic carbocycles. The second-order valence-corrected chi connectivity index (χ2v) is 5.96. The Morgan fingerprint density at radius 2 is 1.96 bits per heavy atom. The predicted octanol–water partition coefficient (Wildman–Crippen LogP) is -0.176. The van der Waals surface area contributed by atoms with E-state index in [0.29, 0.717) is 6.54 Å². The molecule has 2 heterocycles. The highest BCUT2D eigenvalue weighted by molar-refractivity contribution is 6.35. The summed E-state index contributed by atoms with van der Waals surface area (Å²) < 4.78 is 5.58. The van der Waals surface area contributed by atoms with Gasteiger partial charge in [-0.15, -0.1) is 0 Å². The smallest absolute Gasteiger partial charge is 0.309 e. The number of carbonyl (C=O) groups excluding carboxylic acids is 2. The second-order valence-electron chi connectivity index (χ2n) is 5.96. The number of amides is 2. The van der Waals surface area contributed by atoms with Crippen LogP contribution in [-0.4, -0.2) is 32.0 Å². The van der Waals surface area contributed by atoms with Crippen LogP contribution in [0.3, 0.4) is 0 Å². The van der Waals surface area contributed by atoms with Gasteiger partial charge in [-0.1, -0.05) is 24.3 Å². The first-order valence-electron chi connectivity index (χ1n) is 8.13. The van der Waals surface area contributed by atoms with E-state index in [1.165, 1.54) is 23.1 Å². The molecule has 3 N–H and O–H groups in total. The second kappa shape index (κ2) is 7.31. The minimum atomic E-state index is -0.632. The number of fused-ring (bicyclic) bond motifs is 1. The topological polar surface area (TPSA) is 75.8 Å². The molecule has 0 aliphatic carbocycles. The van der Waals surface area contributed by atoms with Crippen molar-refractivity contribution in [1.82, 2.24) is 10.6 Å². The summed E-state index contributed by atoms with van der Waals surface area (Å²) in [4.78, 5) is 24.5. The van der Waals surface area contributed by atoms with Crippen LogP contribution in [0.1, 0.15) is 22.9 Å². The normalized spacial score (nSPS) is 17.6. The molecule has 6 heteroatoms. The van der Waals surface area contributed by atoms with Crippen LogP contribution in [0.4, 0.5) is 0 Å². The Morgan fingerprint density at radius 3 is 2.67 bits per heavy atom. The summed E-state index contributed by atoms with van der Waals surface area (Å²) in [6.45, 7) is 2.19. The van der Waals surface area contributed by atoms with Gasteiger partial charge in [0.25, 0.3) is 0 Å². The van der Waals surface area contributed by atoms with Crippen LogP contribution < -0.4 is 15.5 Å². The fourth-order valence-electron chi connectivity index (χ4n) is 3.22. The van der Waals surface area contributed by atoms with Crippen molar-refractivity contribution in [2.75, 3.05) is 20.1 Å². The molecule has 126 valence electrons. The van der Waals surface area contributed by atoms with Crippen LogP contribution in [-0.2, 0) is 22.6 Å². The molecule has 2 aromatic rings. The van der Waals surface area contributed by atoms with E-state index in [-0.39, 0.29) is 6.04 Å². The van der Waals surface area contributed by atoms with Gasteiger partial charge in [-0.25, -0.2) is 0 Å². The number of quaternary nitrogens is 1. The van der Waals surface area contributed by atoms with E-state index in [1.807, 2.05) is 12.1 Å². The van der Waals surface area contributed by atoms with Crippen LogP contribution in [0.25, 0.3) is 0 Å². The summed E-state index contributed by atoms with van der Waals surface area (Å²) in [5, 5.41) is 5.05. The third kappa shape index (κ3) is 3.49. The Hall–Kier alpha value is -2.60. The summed E-state index contributed by atoms with van der Waals surface area (Å²) in [7, 11) is 1.44. The minimum absolute atomic E-state index is 0.0260. The van der Waals surface area contributed by atoms with E-state index in [4.69, 9.17) is 4.42 Å². The number of nitrogens with one attached hydrogen (secondary N) is 3. The van der Waals surface area contributed by atoms with E-state index >= 15 is 0 Å². The number of benzene rings is 1. The molecule has 0 bridgehead atoms. The van der Waals surface area contributed by atoms with Crippen LogP contribution in [0.2, 0.25) is 0 Å². The Labute approximate surface area is 140 Å². The highest BCUT2D eigenvalue weighted by Gasteiger charge is 2.31. The molecule has 1 aliphatic rings. The van der Waals surface area contributed by atoms with E-state index < -0.39 is 11.8 Å². The Balaban J connectivity index is 1.74. The molecule has 2 amide bonds. The molecule has 6 nitrogen and oxygen atoms in total. The fraction of sp³-hybridized carbons (Fsp3) is 0.333. The van der Waals surface area contributed by atoms with E-state index in [9.17, 15) is 9.59 Å². The first kappa shape index (κ1) is 16.3. The van der Waals surface area contributed by atoms with Gasteiger partial charge in [0.1, 0.15) is 6.54 Å². The molecule has 2 atom stereocenters. The highest BCUT2D eigenvalue weighted by atomic mass is 16.3. The zero-order valence-corrected chi connectivity index (χ0v) is 13.7. The fourth-order valence-corrected chi connectivity index (χ4v) is 3.22. The van der Waals surface area contributed by atoms with Crippen molar-refractivity contribution in [2.24, 2.45) is 0 Å². The van der Waals surface area contributed by atoms with Crippen molar-refractivity contribution in [3.05, 3.63) is 59.5 Å². The number of likely N-dealkylation sites (N-methyl/N-ethyl adjacent to an activating group) is 1. The predicted molar refractivity (Wildman–Crippen MR) is 88.2 cm³/mol. The van der Waals surface area contributed by atoms with Gasteiger partial charge in [-0.05, 0) is 17.7 Å². The lowest BCUT2D eigenvalue weighted by Gasteiger charge is -2.31. The standard InChI is InChI=1S/C18H21N3O3/c1-19-17(22)18(23)20-11-15(16-7-4-10-24-16)21-9-8-13-5-2-3-6-14(13)12-21/h2-7,10,15H,8-9,11-12H2,1H3,(H,19,22)(H,20,23)/p+1/t15-/m0/s1. The molecule has 1 unspecified atom stereocenters. The quantitative estimate of drug-likeness (QED) is 0.682. The van der Waals surface area contributed by atoms with Gasteiger partial charge in [0.05, 0.1) is 19.4 Å². The summed E-state index contributed by atoms with van der Waals surface area (Å²) in [6.07, 6.45) is 2.63. The maximum Gasteiger partial charge on any atom is 0.309 e. The first-order chi connectivity index (χ1) is 11.7. The number of rotatable bonds is 4. The van der Waals surface area contributed by atoms with Gasteiger partial charge in [0.2, 0.25) is 0 Å². The van der Waals surface area contributed by atoms with Crippen molar-refractivity contribution >= 4 is 11.8 Å². The number of hydrogen-bond donors (Lipinski definition) is 3. The van der Waals surface area contributed by atoms with Gasteiger partial charge < -0.3 is 20.0 Å². The summed E-state index contributed by atoms with van der Waals surface area (Å²) in [5.74, 6) is -0.431. The molecule has 3 rings (SSSR count). The zero-order chi connectivity index (χ0) is 16.9. The number of hydrogen-bond acceptors (Lipinski definition) is 3. The maximum absolute atomic E-state index is 11.8. The van der Waals surface area contributed by atoms with Gasteiger partial charge in [0.15, 0.2) is 11.8 Å². The van der Waals surface area contributed by atoms with Crippen LogP contribution in [0, 0.1) is 0 Å². The molecular formula is C18H22N3O3+. The third-order valence-corrected chi connectivity index (χ3v) is 4.53. The summed E-state index contributed by atoms with van der Waals surface area (Å²) >= 11 is 0. The molecule has 0 fully saturated rings. The largest absolute Gasteiger partial charge is 0.463 e. The molecule has 1 aromatic heterocycles. The van der Waals surface area contributed by atoms with E-state index in [1.54, 1.807) is 6.26 Å². The third-order valence-electron chi connectivity index (χ3n) is 4.53. The van der Waals surface area contributed by atoms with E-state index in [2.05, 4.69) is 34.9 Å². The Morgan fingerprint density at radius 1 is 1.17 bits per heavy atom.